The molecule has 37 heavy (non-hydrogen) atoms. The molecule has 3 atom stereocenters. The standard InChI is InChI=1S/C23H21F5N4O3S2/c24-17-4-1-13(9-18(17)25)20-10-14(23(26,27)28)5-7-32(20)19-6-8-35-21-11-15(2-3-16(19)21)37(33,34)31-22-29-12-30-36-22/h1-4,9,11-12,14,19-20H,5-8,10H2,(H,29,30,31)/t14-,19+,20+/m1/s1. The van der Waals surface area contributed by atoms with Crippen LogP contribution in [0.25, 0.3) is 0 Å². The Morgan fingerprint density at radius 1 is 1.05 bits per heavy atom. The highest BCUT2D eigenvalue weighted by atomic mass is 32.2. The number of likely N-dealkylation sites (tertiary alicyclic amines) is 1. The van der Waals surface area contributed by atoms with Gasteiger partial charge in [-0.15, -0.1) is 0 Å². The maximum absolute atomic E-state index is 14.1. The monoisotopic (exact) mass is 560 g/mol. The van der Waals surface area contributed by atoms with E-state index in [-0.39, 0.29) is 41.6 Å². The summed E-state index contributed by atoms with van der Waals surface area (Å²) in [6.45, 7) is 0.269. The van der Waals surface area contributed by atoms with Crippen molar-refractivity contribution in [1.29, 1.82) is 0 Å². The van der Waals surface area contributed by atoms with E-state index in [0.29, 0.717) is 17.7 Å². The van der Waals surface area contributed by atoms with Crippen molar-refractivity contribution >= 4 is 26.7 Å². The number of hydrogen-bond acceptors (Lipinski definition) is 7. The first-order chi connectivity index (χ1) is 17.5. The van der Waals surface area contributed by atoms with E-state index in [1.54, 1.807) is 6.07 Å². The Hall–Kier alpha value is -2.84. The number of nitrogens with zero attached hydrogens (tertiary/aromatic N) is 3. The minimum Gasteiger partial charge on any atom is -0.493 e. The zero-order chi connectivity index (χ0) is 26.4. The van der Waals surface area contributed by atoms with Crippen molar-refractivity contribution < 1.29 is 35.1 Å². The van der Waals surface area contributed by atoms with Gasteiger partial charge in [0, 0.05) is 41.7 Å². The van der Waals surface area contributed by atoms with Crippen LogP contribution in [-0.2, 0) is 10.0 Å². The highest BCUT2D eigenvalue weighted by Gasteiger charge is 2.46. The van der Waals surface area contributed by atoms with E-state index >= 15 is 0 Å². The molecule has 0 bridgehead atoms. The summed E-state index contributed by atoms with van der Waals surface area (Å²) in [7, 11) is -3.98. The van der Waals surface area contributed by atoms with Gasteiger partial charge in [0.15, 0.2) is 11.6 Å². The number of hydrogen-bond donors (Lipinski definition) is 1. The van der Waals surface area contributed by atoms with Gasteiger partial charge in [-0.05, 0) is 43.1 Å². The molecule has 14 heteroatoms. The second-order valence-corrected chi connectivity index (χ2v) is 11.4. The lowest BCUT2D eigenvalue weighted by Gasteiger charge is -2.46. The number of fused-ring (bicyclic) bond motifs is 1. The zero-order valence-corrected chi connectivity index (χ0v) is 20.7. The Labute approximate surface area is 213 Å². The molecular weight excluding hydrogens is 539 g/mol. The van der Waals surface area contributed by atoms with Gasteiger partial charge in [0.25, 0.3) is 10.0 Å². The number of piperidine rings is 1. The average molecular weight is 561 g/mol. The summed E-state index contributed by atoms with van der Waals surface area (Å²) in [6, 6.07) is 6.26. The third-order valence-corrected chi connectivity index (χ3v) is 8.77. The van der Waals surface area contributed by atoms with Crippen LogP contribution < -0.4 is 9.46 Å². The Bertz CT molecular complexity index is 1390. The van der Waals surface area contributed by atoms with Crippen molar-refractivity contribution in [2.24, 2.45) is 5.92 Å². The molecule has 2 aliphatic rings. The van der Waals surface area contributed by atoms with Crippen molar-refractivity contribution in [3.8, 4) is 5.75 Å². The summed E-state index contributed by atoms with van der Waals surface area (Å²) < 4.78 is 106. The quantitative estimate of drug-likeness (QED) is 0.418. The zero-order valence-electron chi connectivity index (χ0n) is 19.1. The van der Waals surface area contributed by atoms with Crippen LogP contribution >= 0.6 is 11.5 Å². The number of benzene rings is 2. The van der Waals surface area contributed by atoms with Gasteiger partial charge >= 0.3 is 6.18 Å². The lowest BCUT2D eigenvalue weighted by molar-refractivity contribution is -0.192. The molecule has 3 heterocycles. The van der Waals surface area contributed by atoms with Gasteiger partial charge in [-0.25, -0.2) is 22.2 Å². The Morgan fingerprint density at radius 2 is 1.86 bits per heavy atom. The van der Waals surface area contributed by atoms with Gasteiger partial charge in [-0.1, -0.05) is 12.1 Å². The Balaban J connectivity index is 1.48. The van der Waals surface area contributed by atoms with Crippen molar-refractivity contribution in [3.63, 3.8) is 0 Å². The van der Waals surface area contributed by atoms with E-state index in [2.05, 4.69) is 14.1 Å². The van der Waals surface area contributed by atoms with Crippen molar-refractivity contribution in [2.75, 3.05) is 17.9 Å². The van der Waals surface area contributed by atoms with E-state index in [4.69, 9.17) is 4.74 Å². The average Bonchev–Trinajstić information content (AvgIpc) is 3.36. The van der Waals surface area contributed by atoms with Crippen molar-refractivity contribution in [1.82, 2.24) is 14.3 Å². The van der Waals surface area contributed by atoms with Crippen LogP contribution in [0.15, 0.2) is 47.6 Å². The summed E-state index contributed by atoms with van der Waals surface area (Å²) in [5, 5.41) is 0.0958. The van der Waals surface area contributed by atoms with Crippen molar-refractivity contribution in [3.05, 3.63) is 65.5 Å². The largest absolute Gasteiger partial charge is 0.493 e. The molecule has 0 radical (unpaired) electrons. The van der Waals surface area contributed by atoms with E-state index in [9.17, 15) is 30.4 Å². The van der Waals surface area contributed by atoms with Crippen LogP contribution in [0.4, 0.5) is 27.1 Å². The topological polar surface area (TPSA) is 84.4 Å². The Morgan fingerprint density at radius 3 is 2.57 bits per heavy atom. The van der Waals surface area contributed by atoms with Crippen molar-refractivity contribution in [2.45, 2.75) is 42.4 Å². The van der Waals surface area contributed by atoms with Crippen LogP contribution in [0, 0.1) is 17.6 Å². The maximum Gasteiger partial charge on any atom is 0.391 e. The fourth-order valence-electron chi connectivity index (χ4n) is 4.96. The number of nitrogens with one attached hydrogen (secondary N) is 1. The Kier molecular flexibility index (Phi) is 6.83. The van der Waals surface area contributed by atoms with E-state index in [1.807, 2.05) is 4.90 Å². The predicted octanol–water partition coefficient (Wildman–Crippen LogP) is 5.46. The first-order valence-electron chi connectivity index (χ1n) is 11.4. The molecule has 0 spiro atoms. The normalized spacial score (nSPS) is 22.8. The smallest absolute Gasteiger partial charge is 0.391 e. The van der Waals surface area contributed by atoms with Gasteiger partial charge in [0.2, 0.25) is 5.13 Å². The van der Waals surface area contributed by atoms with E-state index in [0.717, 1.165) is 23.7 Å². The first-order valence-corrected chi connectivity index (χ1v) is 13.6. The predicted molar refractivity (Wildman–Crippen MR) is 125 cm³/mol. The number of alkyl halides is 3. The SMILES string of the molecule is O=S(=O)(Nc1ncns1)c1ccc2c(c1)OCC[C@@H]2N1CC[C@@H](C(F)(F)F)C[C@H]1c1ccc(F)c(F)c1. The summed E-state index contributed by atoms with van der Waals surface area (Å²) in [5.41, 5.74) is 0.862. The van der Waals surface area contributed by atoms with Gasteiger partial charge < -0.3 is 4.74 Å². The number of aromatic nitrogens is 2. The second-order valence-electron chi connectivity index (χ2n) is 8.89. The van der Waals surface area contributed by atoms with Gasteiger partial charge in [0.05, 0.1) is 17.4 Å². The van der Waals surface area contributed by atoms with Crippen LogP contribution in [0.5, 0.6) is 5.75 Å². The molecule has 1 saturated heterocycles. The minimum absolute atomic E-state index is 0.0661. The second kappa shape index (κ2) is 9.80. The molecule has 3 aromatic rings. The third-order valence-electron chi connectivity index (χ3n) is 6.72. The number of rotatable bonds is 5. The number of halogens is 5. The molecule has 1 aromatic heterocycles. The van der Waals surface area contributed by atoms with E-state index in [1.165, 1.54) is 24.5 Å². The minimum atomic E-state index is -4.42. The van der Waals surface area contributed by atoms with Gasteiger partial charge in [-0.3, -0.25) is 9.62 Å². The molecule has 198 valence electrons. The first kappa shape index (κ1) is 25.8. The van der Waals surface area contributed by atoms with Crippen LogP contribution in [0.2, 0.25) is 0 Å². The molecule has 1 N–H and O–H groups in total. The summed E-state index contributed by atoms with van der Waals surface area (Å²) in [5.74, 6) is -3.50. The van der Waals surface area contributed by atoms with E-state index < -0.39 is 45.8 Å². The highest BCUT2D eigenvalue weighted by molar-refractivity contribution is 7.93. The highest BCUT2D eigenvalue weighted by Crippen LogP contribution is 2.48. The number of sulfonamides is 1. The maximum atomic E-state index is 14.1. The van der Waals surface area contributed by atoms with Crippen LogP contribution in [0.1, 0.15) is 42.5 Å². The number of anilines is 1. The van der Waals surface area contributed by atoms with Gasteiger partial charge in [0.1, 0.15) is 12.1 Å². The lowest BCUT2D eigenvalue weighted by Crippen LogP contribution is -2.44. The molecule has 5 rings (SSSR count). The molecule has 2 aromatic carbocycles. The lowest BCUT2D eigenvalue weighted by atomic mass is 9.84. The molecule has 0 aliphatic carbocycles. The molecule has 0 amide bonds. The third kappa shape index (κ3) is 5.27. The van der Waals surface area contributed by atoms with Crippen LogP contribution in [0.3, 0.4) is 0 Å². The molecule has 7 nitrogen and oxygen atoms in total. The molecule has 0 saturated carbocycles. The summed E-state index contributed by atoms with van der Waals surface area (Å²) in [6.07, 6.45) is -3.22. The molecule has 0 unspecified atom stereocenters. The molecular formula is C23H21F5N4O3S2. The summed E-state index contributed by atoms with van der Waals surface area (Å²) in [4.78, 5) is 5.59. The van der Waals surface area contributed by atoms with Gasteiger partial charge in [-0.2, -0.15) is 17.5 Å². The number of ether oxygens (including phenoxy) is 1. The molecule has 2 aliphatic heterocycles. The fraction of sp³-hybridized carbons (Fsp3) is 0.391. The summed E-state index contributed by atoms with van der Waals surface area (Å²) >= 11 is 0.875. The molecule has 1 fully saturated rings. The fourth-order valence-corrected chi connectivity index (χ4v) is 6.63. The van der Waals surface area contributed by atoms with Crippen LogP contribution in [-0.4, -0.2) is 42.0 Å².